The van der Waals surface area contributed by atoms with Crippen molar-refractivity contribution in [2.75, 3.05) is 7.11 Å². The van der Waals surface area contributed by atoms with Crippen LogP contribution in [0.25, 0.3) is 28.0 Å². The summed E-state index contributed by atoms with van der Waals surface area (Å²) in [6.07, 6.45) is 3.63. The number of ether oxygens (including phenoxy) is 1. The molecule has 0 bridgehead atoms. The molecule has 0 aliphatic rings. The molecule has 2 aromatic carbocycles. The Balaban J connectivity index is 1.73. The average Bonchev–Trinajstić information content (AvgIpc) is 3.37. The van der Waals surface area contributed by atoms with E-state index in [0.29, 0.717) is 10.2 Å². The SMILES string of the molecule is COc1ccc(-c2nn(-c3ccccc3)cc2/C=c2\sc3nc(=O)c(C)nn3c2=O)cc1. The van der Waals surface area contributed by atoms with Gasteiger partial charge in [-0.2, -0.15) is 19.7 Å². The first-order valence-electron chi connectivity index (χ1n) is 9.75. The molecule has 0 N–H and O–H groups in total. The normalized spacial score (nSPS) is 11.9. The maximum Gasteiger partial charge on any atom is 0.295 e. The minimum absolute atomic E-state index is 0.180. The lowest BCUT2D eigenvalue weighted by molar-refractivity contribution is 0.415. The number of rotatable bonds is 4. The van der Waals surface area contributed by atoms with Gasteiger partial charge in [0.05, 0.1) is 17.3 Å². The van der Waals surface area contributed by atoms with Crippen molar-refractivity contribution in [2.24, 2.45) is 0 Å². The highest BCUT2D eigenvalue weighted by atomic mass is 32.1. The van der Waals surface area contributed by atoms with Gasteiger partial charge in [0.1, 0.15) is 17.1 Å². The number of methoxy groups -OCH3 is 1. The molecule has 32 heavy (non-hydrogen) atoms. The fourth-order valence-electron chi connectivity index (χ4n) is 3.31. The molecule has 0 atom stereocenters. The van der Waals surface area contributed by atoms with Gasteiger partial charge in [0.15, 0.2) is 0 Å². The van der Waals surface area contributed by atoms with Crippen LogP contribution >= 0.6 is 11.3 Å². The third-order valence-corrected chi connectivity index (χ3v) is 5.91. The summed E-state index contributed by atoms with van der Waals surface area (Å²) in [5, 5.41) is 8.85. The Labute approximate surface area is 185 Å². The molecule has 8 nitrogen and oxygen atoms in total. The van der Waals surface area contributed by atoms with Gasteiger partial charge >= 0.3 is 0 Å². The van der Waals surface area contributed by atoms with E-state index in [9.17, 15) is 9.59 Å². The van der Waals surface area contributed by atoms with E-state index in [-0.39, 0.29) is 16.2 Å². The van der Waals surface area contributed by atoms with Crippen LogP contribution in [0, 0.1) is 6.92 Å². The van der Waals surface area contributed by atoms with Crippen LogP contribution < -0.4 is 20.4 Å². The van der Waals surface area contributed by atoms with Crippen LogP contribution in [0.3, 0.4) is 0 Å². The minimum atomic E-state index is -0.436. The predicted octanol–water partition coefficient (Wildman–Crippen LogP) is 2.23. The van der Waals surface area contributed by atoms with E-state index in [1.54, 1.807) is 17.9 Å². The Bertz CT molecular complexity index is 1600. The maximum absolute atomic E-state index is 12.9. The lowest BCUT2D eigenvalue weighted by atomic mass is 10.1. The summed E-state index contributed by atoms with van der Waals surface area (Å²) in [5.41, 5.74) is 2.65. The second kappa shape index (κ2) is 7.86. The number of hydrogen-bond acceptors (Lipinski definition) is 7. The van der Waals surface area contributed by atoms with Crippen molar-refractivity contribution >= 4 is 22.4 Å². The third kappa shape index (κ3) is 3.48. The molecule has 0 aliphatic heterocycles. The van der Waals surface area contributed by atoms with E-state index in [1.165, 1.54) is 11.4 Å². The zero-order valence-corrected chi connectivity index (χ0v) is 18.0. The van der Waals surface area contributed by atoms with Crippen LogP contribution in [0.4, 0.5) is 0 Å². The summed E-state index contributed by atoms with van der Waals surface area (Å²) in [6.45, 7) is 1.54. The summed E-state index contributed by atoms with van der Waals surface area (Å²) in [4.78, 5) is 29.0. The smallest absolute Gasteiger partial charge is 0.295 e. The number of hydrogen-bond donors (Lipinski definition) is 0. The van der Waals surface area contributed by atoms with Crippen LogP contribution in [0.1, 0.15) is 11.3 Å². The van der Waals surface area contributed by atoms with Crippen molar-refractivity contribution in [2.45, 2.75) is 6.92 Å². The first-order valence-corrected chi connectivity index (χ1v) is 10.6. The fraction of sp³-hybridized carbons (Fsp3) is 0.0870. The zero-order valence-electron chi connectivity index (χ0n) is 17.2. The van der Waals surface area contributed by atoms with Gasteiger partial charge in [-0.25, -0.2) is 4.68 Å². The third-order valence-electron chi connectivity index (χ3n) is 4.96. The highest BCUT2D eigenvalue weighted by molar-refractivity contribution is 7.15. The molecule has 9 heteroatoms. The number of nitrogens with zero attached hydrogens (tertiary/aromatic N) is 5. The highest BCUT2D eigenvalue weighted by Crippen LogP contribution is 2.26. The monoisotopic (exact) mass is 443 g/mol. The van der Waals surface area contributed by atoms with Crippen LogP contribution in [-0.4, -0.2) is 31.5 Å². The second-order valence-corrected chi connectivity index (χ2v) is 8.06. The van der Waals surface area contributed by atoms with Gasteiger partial charge in [-0.15, -0.1) is 0 Å². The molecule has 5 rings (SSSR count). The van der Waals surface area contributed by atoms with E-state index in [1.807, 2.05) is 60.8 Å². The number of para-hydroxylation sites is 1. The van der Waals surface area contributed by atoms with Crippen molar-refractivity contribution in [3.63, 3.8) is 0 Å². The van der Waals surface area contributed by atoms with Gasteiger partial charge < -0.3 is 4.74 Å². The largest absolute Gasteiger partial charge is 0.497 e. The number of aromatic nitrogens is 5. The van der Waals surface area contributed by atoms with Crippen molar-refractivity contribution < 1.29 is 4.74 Å². The molecule has 158 valence electrons. The zero-order chi connectivity index (χ0) is 22.2. The molecule has 5 aromatic rings. The van der Waals surface area contributed by atoms with Crippen molar-refractivity contribution in [3.8, 4) is 22.7 Å². The second-order valence-electron chi connectivity index (χ2n) is 7.05. The summed E-state index contributed by atoms with van der Waals surface area (Å²) >= 11 is 1.12. The first-order chi connectivity index (χ1) is 15.5. The quantitative estimate of drug-likeness (QED) is 0.423. The molecule has 0 aliphatic carbocycles. The number of thiazole rings is 1. The molecule has 0 unspecified atom stereocenters. The van der Waals surface area contributed by atoms with E-state index in [2.05, 4.69) is 10.1 Å². The van der Waals surface area contributed by atoms with E-state index < -0.39 is 5.56 Å². The van der Waals surface area contributed by atoms with Crippen LogP contribution in [0.2, 0.25) is 0 Å². The standard InChI is InChI=1S/C23H17N5O3S/c1-14-21(29)24-23-28(25-14)22(30)19(32-23)12-16-13-27(17-6-4-3-5-7-17)26-20(16)15-8-10-18(31-2)11-9-15/h3-13H,1-2H3/b19-12-. The molecular formula is C23H17N5O3S. The molecule has 0 fully saturated rings. The highest BCUT2D eigenvalue weighted by Gasteiger charge is 2.13. The predicted molar refractivity (Wildman–Crippen MR) is 122 cm³/mol. The lowest BCUT2D eigenvalue weighted by Crippen LogP contribution is -2.27. The summed E-state index contributed by atoms with van der Waals surface area (Å²) in [7, 11) is 1.62. The number of benzene rings is 2. The van der Waals surface area contributed by atoms with E-state index in [0.717, 1.165) is 33.9 Å². The van der Waals surface area contributed by atoms with Crippen LogP contribution in [-0.2, 0) is 0 Å². The first kappa shape index (κ1) is 19.8. The lowest BCUT2D eigenvalue weighted by Gasteiger charge is -2.02. The molecular weight excluding hydrogens is 426 g/mol. The molecule has 0 saturated carbocycles. The minimum Gasteiger partial charge on any atom is -0.497 e. The Morgan fingerprint density at radius 1 is 1.00 bits per heavy atom. The van der Waals surface area contributed by atoms with Gasteiger partial charge in [-0.05, 0) is 49.4 Å². The van der Waals surface area contributed by atoms with Gasteiger partial charge in [0.25, 0.3) is 11.1 Å². The maximum atomic E-state index is 12.9. The van der Waals surface area contributed by atoms with E-state index >= 15 is 0 Å². The Hall–Kier alpha value is -4.11. The van der Waals surface area contributed by atoms with Gasteiger partial charge in [0, 0.05) is 17.3 Å². The van der Waals surface area contributed by atoms with Crippen LogP contribution in [0.15, 0.2) is 70.4 Å². The molecule has 0 saturated heterocycles. The van der Waals surface area contributed by atoms with E-state index in [4.69, 9.17) is 9.84 Å². The van der Waals surface area contributed by atoms with Crippen molar-refractivity contribution in [1.29, 1.82) is 0 Å². The summed E-state index contributed by atoms with van der Waals surface area (Å²) in [6, 6.07) is 17.3. The van der Waals surface area contributed by atoms with Gasteiger partial charge in [-0.3, -0.25) is 9.59 Å². The van der Waals surface area contributed by atoms with Crippen molar-refractivity contribution in [1.82, 2.24) is 24.4 Å². The van der Waals surface area contributed by atoms with Gasteiger partial charge in [-0.1, -0.05) is 29.5 Å². The topological polar surface area (TPSA) is 91.4 Å². The molecule has 0 spiro atoms. The Morgan fingerprint density at radius 2 is 1.75 bits per heavy atom. The molecule has 3 aromatic heterocycles. The average molecular weight is 443 g/mol. The number of aryl methyl sites for hydroxylation is 1. The molecule has 0 radical (unpaired) electrons. The molecule has 0 amide bonds. The van der Waals surface area contributed by atoms with Crippen LogP contribution in [0.5, 0.6) is 5.75 Å². The molecule has 3 heterocycles. The Kier molecular flexibility index (Phi) is 4.87. The summed E-state index contributed by atoms with van der Waals surface area (Å²) < 4.78 is 8.61. The summed E-state index contributed by atoms with van der Waals surface area (Å²) in [5.74, 6) is 0.741. The van der Waals surface area contributed by atoms with Gasteiger partial charge in [0.2, 0.25) is 4.96 Å². The number of fused-ring (bicyclic) bond motifs is 1. The van der Waals surface area contributed by atoms with Crippen molar-refractivity contribution in [3.05, 3.63) is 97.3 Å². The Morgan fingerprint density at radius 3 is 2.47 bits per heavy atom. The fourth-order valence-corrected chi connectivity index (χ4v) is 4.20.